The second-order valence-electron chi connectivity index (χ2n) is 3.64. The molecule has 0 atom stereocenters. The predicted molar refractivity (Wildman–Crippen MR) is 77.5 cm³/mol. The Balaban J connectivity index is 2.61. The third-order valence-electron chi connectivity index (χ3n) is 2.54. The van der Waals surface area contributed by atoms with Crippen molar-refractivity contribution in [2.24, 2.45) is 0 Å². The normalized spacial score (nSPS) is 10.4. The van der Waals surface area contributed by atoms with Gasteiger partial charge in [-0.1, -0.05) is 0 Å². The van der Waals surface area contributed by atoms with Crippen LogP contribution in [-0.2, 0) is 0 Å². The zero-order valence-corrected chi connectivity index (χ0v) is 12.7. The summed E-state index contributed by atoms with van der Waals surface area (Å²) < 4.78 is 11.4. The van der Waals surface area contributed by atoms with Crippen molar-refractivity contribution in [2.45, 2.75) is 6.92 Å². The number of halogens is 1. The van der Waals surface area contributed by atoms with Crippen LogP contribution in [0, 0.1) is 6.92 Å². The van der Waals surface area contributed by atoms with Gasteiger partial charge in [-0.25, -0.2) is 4.98 Å². The summed E-state index contributed by atoms with van der Waals surface area (Å²) in [4.78, 5) is 5.41. The van der Waals surface area contributed by atoms with Gasteiger partial charge in [-0.15, -0.1) is 11.3 Å². The van der Waals surface area contributed by atoms with Crippen LogP contribution in [0.5, 0.6) is 11.5 Å². The number of nitrogen functional groups attached to an aromatic ring is 1. The fourth-order valence-electron chi connectivity index (χ4n) is 1.70. The van der Waals surface area contributed by atoms with Crippen molar-refractivity contribution >= 4 is 32.4 Å². The molecule has 0 fully saturated rings. The molecule has 0 saturated heterocycles. The van der Waals surface area contributed by atoms with Crippen LogP contribution in [0.3, 0.4) is 0 Å². The lowest BCUT2D eigenvalue weighted by Gasteiger charge is -2.11. The number of nitrogens with two attached hydrogens (primary N) is 1. The molecule has 96 valence electrons. The lowest BCUT2D eigenvalue weighted by atomic mass is 10.1. The first kappa shape index (κ1) is 13.2. The van der Waals surface area contributed by atoms with Gasteiger partial charge in [-0.2, -0.15) is 0 Å². The quantitative estimate of drug-likeness (QED) is 0.937. The molecule has 4 nitrogen and oxygen atoms in total. The molecule has 2 rings (SSSR count). The van der Waals surface area contributed by atoms with Crippen molar-refractivity contribution in [1.82, 2.24) is 4.98 Å². The maximum Gasteiger partial charge on any atom is 0.180 e. The first-order chi connectivity index (χ1) is 8.56. The van der Waals surface area contributed by atoms with E-state index in [0.29, 0.717) is 16.6 Å². The molecule has 0 aliphatic heterocycles. The minimum absolute atomic E-state index is 0.559. The number of rotatable bonds is 3. The summed E-state index contributed by atoms with van der Waals surface area (Å²) >= 11 is 4.99. The molecule has 0 amide bonds. The van der Waals surface area contributed by atoms with Crippen LogP contribution in [0.2, 0.25) is 0 Å². The molecule has 0 radical (unpaired) electrons. The first-order valence-corrected chi connectivity index (χ1v) is 6.82. The van der Waals surface area contributed by atoms with Crippen molar-refractivity contribution in [2.75, 3.05) is 20.0 Å². The molecule has 2 N–H and O–H groups in total. The number of ether oxygens (including phenoxy) is 2. The molecule has 0 bridgehead atoms. The molecular formula is C12H13BrN2O2S. The maximum absolute atomic E-state index is 5.73. The second kappa shape index (κ2) is 5.16. The fraction of sp³-hybridized carbons (Fsp3) is 0.250. The highest BCUT2D eigenvalue weighted by molar-refractivity contribution is 9.10. The number of thiazole rings is 1. The molecule has 1 aromatic heterocycles. The van der Waals surface area contributed by atoms with E-state index in [1.54, 1.807) is 14.2 Å². The van der Waals surface area contributed by atoms with Crippen LogP contribution in [-0.4, -0.2) is 19.2 Å². The number of aryl methyl sites for hydroxylation is 1. The molecule has 18 heavy (non-hydrogen) atoms. The van der Waals surface area contributed by atoms with E-state index in [-0.39, 0.29) is 0 Å². The van der Waals surface area contributed by atoms with Crippen LogP contribution < -0.4 is 15.2 Å². The molecule has 0 unspecified atom stereocenters. The minimum Gasteiger partial charge on any atom is -0.493 e. The maximum atomic E-state index is 5.73. The molecule has 1 aromatic carbocycles. The molecule has 0 saturated carbocycles. The highest BCUT2D eigenvalue weighted by atomic mass is 79.9. The Kier molecular flexibility index (Phi) is 3.77. The third-order valence-corrected chi connectivity index (χ3v) is 4.00. The summed E-state index contributed by atoms with van der Waals surface area (Å²) in [6.07, 6.45) is 0. The van der Waals surface area contributed by atoms with Gasteiger partial charge in [0.05, 0.1) is 19.9 Å². The van der Waals surface area contributed by atoms with Crippen LogP contribution >= 0.6 is 27.3 Å². The number of hydrogen-bond donors (Lipinski definition) is 1. The van der Waals surface area contributed by atoms with Crippen LogP contribution in [0.25, 0.3) is 11.3 Å². The van der Waals surface area contributed by atoms with E-state index in [1.807, 2.05) is 19.1 Å². The van der Waals surface area contributed by atoms with Gasteiger partial charge in [0.1, 0.15) is 0 Å². The number of benzene rings is 1. The Labute approximate surface area is 118 Å². The van der Waals surface area contributed by atoms with E-state index in [9.17, 15) is 0 Å². The van der Waals surface area contributed by atoms with E-state index in [2.05, 4.69) is 20.9 Å². The largest absolute Gasteiger partial charge is 0.493 e. The lowest BCUT2D eigenvalue weighted by Crippen LogP contribution is -1.93. The van der Waals surface area contributed by atoms with Crippen molar-refractivity contribution in [3.05, 3.63) is 21.5 Å². The average Bonchev–Trinajstić information content (AvgIpc) is 2.68. The van der Waals surface area contributed by atoms with Gasteiger partial charge in [-0.05, 0) is 35.0 Å². The molecule has 2 aromatic rings. The number of anilines is 1. The Morgan fingerprint density at radius 2 is 1.83 bits per heavy atom. The smallest absolute Gasteiger partial charge is 0.180 e. The number of methoxy groups -OCH3 is 2. The molecule has 0 aliphatic carbocycles. The van der Waals surface area contributed by atoms with E-state index in [1.165, 1.54) is 11.3 Å². The summed E-state index contributed by atoms with van der Waals surface area (Å²) in [5.74, 6) is 1.34. The van der Waals surface area contributed by atoms with E-state index >= 15 is 0 Å². The standard InChI is InChI=1S/C12H13BrN2O2S/c1-6-11(15-12(14)18-6)7-4-9(16-2)10(17-3)5-8(7)13/h4-5H,1-3H3,(H2,14,15). The summed E-state index contributed by atoms with van der Waals surface area (Å²) in [5.41, 5.74) is 7.54. The Morgan fingerprint density at radius 3 is 2.33 bits per heavy atom. The third kappa shape index (κ3) is 2.30. The van der Waals surface area contributed by atoms with E-state index in [4.69, 9.17) is 15.2 Å². The minimum atomic E-state index is 0.559. The van der Waals surface area contributed by atoms with Crippen molar-refractivity contribution in [3.63, 3.8) is 0 Å². The summed E-state index contributed by atoms with van der Waals surface area (Å²) in [6.45, 7) is 1.99. The predicted octanol–water partition coefficient (Wildman–Crippen LogP) is 3.48. The second-order valence-corrected chi connectivity index (χ2v) is 5.73. The monoisotopic (exact) mass is 328 g/mol. The van der Waals surface area contributed by atoms with E-state index in [0.717, 1.165) is 20.6 Å². The Hall–Kier alpha value is -1.27. The number of aromatic nitrogens is 1. The number of nitrogens with zero attached hydrogens (tertiary/aromatic N) is 1. The van der Waals surface area contributed by atoms with Crippen LogP contribution in [0.1, 0.15) is 4.88 Å². The van der Waals surface area contributed by atoms with Gasteiger partial charge in [-0.3, -0.25) is 0 Å². The average molecular weight is 329 g/mol. The summed E-state index contributed by atoms with van der Waals surface area (Å²) in [7, 11) is 3.22. The van der Waals surface area contributed by atoms with Crippen LogP contribution in [0.4, 0.5) is 5.13 Å². The SMILES string of the molecule is COc1cc(Br)c(-c2nc(N)sc2C)cc1OC. The van der Waals surface area contributed by atoms with Crippen molar-refractivity contribution in [3.8, 4) is 22.8 Å². The molecular weight excluding hydrogens is 316 g/mol. The zero-order valence-electron chi connectivity index (χ0n) is 10.3. The zero-order chi connectivity index (χ0) is 13.3. The van der Waals surface area contributed by atoms with Crippen molar-refractivity contribution < 1.29 is 9.47 Å². The topological polar surface area (TPSA) is 57.4 Å². The summed E-state index contributed by atoms with van der Waals surface area (Å²) in [5, 5.41) is 0.559. The first-order valence-electron chi connectivity index (χ1n) is 5.21. The van der Waals surface area contributed by atoms with Gasteiger partial charge in [0.15, 0.2) is 16.6 Å². The van der Waals surface area contributed by atoms with Gasteiger partial charge in [0.25, 0.3) is 0 Å². The molecule has 0 spiro atoms. The van der Waals surface area contributed by atoms with Gasteiger partial charge in [0, 0.05) is 14.9 Å². The van der Waals surface area contributed by atoms with Gasteiger partial charge >= 0.3 is 0 Å². The van der Waals surface area contributed by atoms with Crippen LogP contribution in [0.15, 0.2) is 16.6 Å². The summed E-state index contributed by atoms with van der Waals surface area (Å²) in [6, 6.07) is 3.76. The number of hydrogen-bond acceptors (Lipinski definition) is 5. The Bertz CT molecular complexity index is 584. The molecule has 6 heteroatoms. The Morgan fingerprint density at radius 1 is 1.22 bits per heavy atom. The fourth-order valence-corrected chi connectivity index (χ4v) is 2.92. The molecule has 0 aliphatic rings. The molecule has 1 heterocycles. The highest BCUT2D eigenvalue weighted by Gasteiger charge is 2.15. The van der Waals surface area contributed by atoms with Gasteiger partial charge in [0.2, 0.25) is 0 Å². The lowest BCUT2D eigenvalue weighted by molar-refractivity contribution is 0.355. The van der Waals surface area contributed by atoms with Gasteiger partial charge < -0.3 is 15.2 Å². The van der Waals surface area contributed by atoms with E-state index < -0.39 is 0 Å². The highest BCUT2D eigenvalue weighted by Crippen LogP contribution is 2.40. The van der Waals surface area contributed by atoms with Crippen molar-refractivity contribution in [1.29, 1.82) is 0 Å².